The summed E-state index contributed by atoms with van der Waals surface area (Å²) in [6.45, 7) is 0. The number of nitrogens with one attached hydrogen (secondary N) is 1. The molecule has 3 heterocycles. The van der Waals surface area contributed by atoms with Gasteiger partial charge in [-0.25, -0.2) is 15.0 Å². The Morgan fingerprint density at radius 2 is 1.93 bits per heavy atom. The van der Waals surface area contributed by atoms with E-state index in [0.717, 1.165) is 42.8 Å². The Labute approximate surface area is 170 Å². The standard InChI is InChI=1S/C21H25N7O/c1-27(2)20-8-3-15(11-23-20)21(29)26-17-4-6-18(7-5-17)28-13-16(12-25-28)19-9-10-22-14-24-19/h3,8-14,17-18H,4-7H2,1-2H3,(H,26,29). The molecular weight excluding hydrogens is 366 g/mol. The molecule has 150 valence electrons. The molecule has 1 aliphatic rings. The molecule has 1 aliphatic carbocycles. The van der Waals surface area contributed by atoms with Gasteiger partial charge in [0, 0.05) is 44.3 Å². The average Bonchev–Trinajstić information content (AvgIpc) is 3.25. The highest BCUT2D eigenvalue weighted by atomic mass is 16.1. The van der Waals surface area contributed by atoms with Crippen molar-refractivity contribution in [2.45, 2.75) is 37.8 Å². The zero-order valence-corrected chi connectivity index (χ0v) is 16.7. The third-order valence-electron chi connectivity index (χ3n) is 5.35. The Morgan fingerprint density at radius 3 is 2.59 bits per heavy atom. The highest BCUT2D eigenvalue weighted by molar-refractivity contribution is 5.94. The van der Waals surface area contributed by atoms with E-state index in [2.05, 4.69) is 25.4 Å². The van der Waals surface area contributed by atoms with Gasteiger partial charge in [-0.05, 0) is 43.9 Å². The summed E-state index contributed by atoms with van der Waals surface area (Å²) in [5.41, 5.74) is 2.47. The number of carbonyl (C=O) groups excluding carboxylic acids is 1. The van der Waals surface area contributed by atoms with E-state index in [1.165, 1.54) is 0 Å². The fourth-order valence-corrected chi connectivity index (χ4v) is 3.67. The van der Waals surface area contributed by atoms with Crippen LogP contribution in [0.5, 0.6) is 0 Å². The maximum absolute atomic E-state index is 12.5. The van der Waals surface area contributed by atoms with E-state index in [1.807, 2.05) is 54.3 Å². The molecule has 0 atom stereocenters. The third kappa shape index (κ3) is 4.42. The lowest BCUT2D eigenvalue weighted by Crippen LogP contribution is -2.38. The van der Waals surface area contributed by atoms with Gasteiger partial charge in [0.25, 0.3) is 5.91 Å². The van der Waals surface area contributed by atoms with Crippen molar-refractivity contribution in [3.8, 4) is 11.3 Å². The smallest absolute Gasteiger partial charge is 0.253 e. The van der Waals surface area contributed by atoms with Gasteiger partial charge in [-0.2, -0.15) is 5.10 Å². The number of hydrogen-bond acceptors (Lipinski definition) is 6. The fourth-order valence-electron chi connectivity index (χ4n) is 3.67. The molecular formula is C21H25N7O. The number of anilines is 1. The van der Waals surface area contributed by atoms with Gasteiger partial charge in [0.05, 0.1) is 23.5 Å². The maximum Gasteiger partial charge on any atom is 0.253 e. The maximum atomic E-state index is 12.5. The second-order valence-corrected chi connectivity index (χ2v) is 7.58. The number of amides is 1. The summed E-state index contributed by atoms with van der Waals surface area (Å²) < 4.78 is 2.03. The fraction of sp³-hybridized carbons (Fsp3) is 0.381. The minimum atomic E-state index is -0.0589. The molecule has 0 saturated heterocycles. The van der Waals surface area contributed by atoms with Gasteiger partial charge in [-0.1, -0.05) is 0 Å². The zero-order valence-electron chi connectivity index (χ0n) is 16.7. The molecule has 1 amide bonds. The summed E-state index contributed by atoms with van der Waals surface area (Å²) in [5.74, 6) is 0.777. The van der Waals surface area contributed by atoms with Crippen LogP contribution in [0.25, 0.3) is 11.3 Å². The summed E-state index contributed by atoms with van der Waals surface area (Å²) in [4.78, 5) is 27.0. The van der Waals surface area contributed by atoms with Crippen molar-refractivity contribution in [1.29, 1.82) is 0 Å². The molecule has 8 heteroatoms. The number of nitrogens with zero attached hydrogens (tertiary/aromatic N) is 6. The van der Waals surface area contributed by atoms with Gasteiger partial charge in [-0.3, -0.25) is 9.48 Å². The van der Waals surface area contributed by atoms with E-state index in [-0.39, 0.29) is 11.9 Å². The van der Waals surface area contributed by atoms with Crippen LogP contribution in [-0.4, -0.2) is 50.8 Å². The van der Waals surface area contributed by atoms with Crippen molar-refractivity contribution in [2.24, 2.45) is 0 Å². The second-order valence-electron chi connectivity index (χ2n) is 7.58. The molecule has 29 heavy (non-hydrogen) atoms. The van der Waals surface area contributed by atoms with Crippen LogP contribution in [-0.2, 0) is 0 Å². The quantitative estimate of drug-likeness (QED) is 0.719. The second kappa shape index (κ2) is 8.38. The van der Waals surface area contributed by atoms with E-state index >= 15 is 0 Å². The summed E-state index contributed by atoms with van der Waals surface area (Å²) >= 11 is 0. The van der Waals surface area contributed by atoms with Gasteiger partial charge in [0.1, 0.15) is 12.1 Å². The van der Waals surface area contributed by atoms with Crippen molar-refractivity contribution in [3.05, 3.63) is 54.9 Å². The topological polar surface area (TPSA) is 88.8 Å². The normalized spacial score (nSPS) is 19.0. The summed E-state index contributed by atoms with van der Waals surface area (Å²) in [6, 6.07) is 6.10. The van der Waals surface area contributed by atoms with E-state index < -0.39 is 0 Å². The lowest BCUT2D eigenvalue weighted by molar-refractivity contribution is 0.0921. The monoisotopic (exact) mass is 391 g/mol. The predicted molar refractivity (Wildman–Crippen MR) is 111 cm³/mol. The molecule has 0 aliphatic heterocycles. The Balaban J connectivity index is 1.31. The molecule has 3 aromatic rings. The molecule has 0 unspecified atom stereocenters. The van der Waals surface area contributed by atoms with Crippen LogP contribution in [0.15, 0.2) is 49.3 Å². The van der Waals surface area contributed by atoms with Gasteiger partial charge in [-0.15, -0.1) is 0 Å². The SMILES string of the molecule is CN(C)c1ccc(C(=O)NC2CCC(n3cc(-c4ccncn4)cn3)CC2)cn1. The van der Waals surface area contributed by atoms with Crippen molar-refractivity contribution >= 4 is 11.7 Å². The van der Waals surface area contributed by atoms with Crippen LogP contribution in [0.4, 0.5) is 5.82 Å². The number of rotatable bonds is 5. The first-order chi connectivity index (χ1) is 14.1. The molecule has 3 aromatic heterocycles. The largest absolute Gasteiger partial charge is 0.363 e. The lowest BCUT2D eigenvalue weighted by Gasteiger charge is -2.29. The van der Waals surface area contributed by atoms with Gasteiger partial charge < -0.3 is 10.2 Å². The molecule has 0 spiro atoms. The summed E-state index contributed by atoms with van der Waals surface area (Å²) in [6.07, 6.45) is 12.6. The Bertz CT molecular complexity index is 945. The van der Waals surface area contributed by atoms with Crippen LogP contribution >= 0.6 is 0 Å². The molecule has 0 aromatic carbocycles. The van der Waals surface area contributed by atoms with Crippen molar-refractivity contribution < 1.29 is 4.79 Å². The van der Waals surface area contributed by atoms with Crippen molar-refractivity contribution in [3.63, 3.8) is 0 Å². The first kappa shape index (κ1) is 19.0. The molecule has 8 nitrogen and oxygen atoms in total. The Morgan fingerprint density at radius 1 is 1.10 bits per heavy atom. The highest BCUT2D eigenvalue weighted by Gasteiger charge is 2.24. The van der Waals surface area contributed by atoms with E-state index in [9.17, 15) is 4.79 Å². The van der Waals surface area contributed by atoms with E-state index in [0.29, 0.717) is 11.6 Å². The van der Waals surface area contributed by atoms with E-state index in [1.54, 1.807) is 18.7 Å². The minimum absolute atomic E-state index is 0.0589. The van der Waals surface area contributed by atoms with Crippen LogP contribution in [0.1, 0.15) is 42.1 Å². The average molecular weight is 391 g/mol. The number of aromatic nitrogens is 5. The third-order valence-corrected chi connectivity index (χ3v) is 5.35. The Kier molecular flexibility index (Phi) is 5.50. The first-order valence-electron chi connectivity index (χ1n) is 9.85. The number of hydrogen-bond donors (Lipinski definition) is 1. The van der Waals surface area contributed by atoms with E-state index in [4.69, 9.17) is 0 Å². The molecule has 0 radical (unpaired) electrons. The molecule has 4 rings (SSSR count). The summed E-state index contributed by atoms with van der Waals surface area (Å²) in [5, 5.41) is 7.68. The predicted octanol–water partition coefficient (Wildman–Crippen LogP) is 2.71. The van der Waals surface area contributed by atoms with Crippen LogP contribution in [0.2, 0.25) is 0 Å². The van der Waals surface area contributed by atoms with Crippen LogP contribution in [0.3, 0.4) is 0 Å². The van der Waals surface area contributed by atoms with Gasteiger partial charge >= 0.3 is 0 Å². The van der Waals surface area contributed by atoms with Crippen molar-refractivity contribution in [1.82, 2.24) is 30.0 Å². The molecule has 1 saturated carbocycles. The van der Waals surface area contributed by atoms with Gasteiger partial charge in [0.15, 0.2) is 0 Å². The minimum Gasteiger partial charge on any atom is -0.363 e. The molecule has 1 fully saturated rings. The van der Waals surface area contributed by atoms with Crippen LogP contribution < -0.4 is 10.2 Å². The van der Waals surface area contributed by atoms with Gasteiger partial charge in [0.2, 0.25) is 0 Å². The Hall–Kier alpha value is -3.29. The number of pyridine rings is 1. The number of carbonyl (C=O) groups is 1. The first-order valence-corrected chi connectivity index (χ1v) is 9.85. The molecule has 1 N–H and O–H groups in total. The summed E-state index contributed by atoms with van der Waals surface area (Å²) in [7, 11) is 3.85. The lowest BCUT2D eigenvalue weighted by atomic mass is 9.91. The highest BCUT2D eigenvalue weighted by Crippen LogP contribution is 2.29. The zero-order chi connectivity index (χ0) is 20.2. The van der Waals surface area contributed by atoms with Crippen LogP contribution in [0, 0.1) is 0 Å². The molecule has 0 bridgehead atoms. The van der Waals surface area contributed by atoms with Crippen molar-refractivity contribution in [2.75, 3.05) is 19.0 Å².